The Bertz CT molecular complexity index is 461. The molecule has 0 saturated carbocycles. The third kappa shape index (κ3) is 3.63. The van der Waals surface area contributed by atoms with E-state index < -0.39 is 0 Å². The SMILES string of the molecule is CC(C)(C)c1ccc(C(=O)N2CCC(CCBr)C2)cc1. The number of likely N-dealkylation sites (tertiary alicyclic amines) is 1. The quantitative estimate of drug-likeness (QED) is 0.755. The van der Waals surface area contributed by atoms with Gasteiger partial charge in [0, 0.05) is 24.0 Å². The largest absolute Gasteiger partial charge is 0.338 e. The first-order valence-corrected chi connectivity index (χ1v) is 8.50. The minimum atomic E-state index is 0.135. The summed E-state index contributed by atoms with van der Waals surface area (Å²) in [6.07, 6.45) is 2.30. The van der Waals surface area contributed by atoms with Gasteiger partial charge in [-0.25, -0.2) is 0 Å². The summed E-state index contributed by atoms with van der Waals surface area (Å²) in [6, 6.07) is 8.11. The maximum atomic E-state index is 12.5. The number of hydrogen-bond acceptors (Lipinski definition) is 1. The van der Waals surface area contributed by atoms with E-state index >= 15 is 0 Å². The molecule has 1 atom stereocenters. The molecule has 110 valence electrons. The molecule has 0 bridgehead atoms. The van der Waals surface area contributed by atoms with Crippen LogP contribution >= 0.6 is 15.9 Å². The lowest BCUT2D eigenvalue weighted by atomic mass is 9.86. The molecule has 0 radical (unpaired) electrons. The highest BCUT2D eigenvalue weighted by atomic mass is 79.9. The lowest BCUT2D eigenvalue weighted by Crippen LogP contribution is -2.28. The van der Waals surface area contributed by atoms with Crippen LogP contribution in [0.2, 0.25) is 0 Å². The predicted molar refractivity (Wildman–Crippen MR) is 87.6 cm³/mol. The van der Waals surface area contributed by atoms with Crippen molar-refractivity contribution < 1.29 is 4.79 Å². The first kappa shape index (κ1) is 15.6. The van der Waals surface area contributed by atoms with Gasteiger partial charge in [0.2, 0.25) is 0 Å². The van der Waals surface area contributed by atoms with Crippen molar-refractivity contribution in [2.75, 3.05) is 18.4 Å². The summed E-state index contributed by atoms with van der Waals surface area (Å²) in [5.74, 6) is 0.842. The van der Waals surface area contributed by atoms with Crippen LogP contribution in [-0.2, 0) is 5.41 Å². The van der Waals surface area contributed by atoms with E-state index in [-0.39, 0.29) is 11.3 Å². The van der Waals surface area contributed by atoms with Gasteiger partial charge in [-0.05, 0) is 41.9 Å². The van der Waals surface area contributed by atoms with Crippen molar-refractivity contribution in [3.8, 4) is 0 Å². The smallest absolute Gasteiger partial charge is 0.253 e. The number of benzene rings is 1. The van der Waals surface area contributed by atoms with E-state index in [4.69, 9.17) is 0 Å². The van der Waals surface area contributed by atoms with E-state index in [0.29, 0.717) is 5.92 Å². The molecule has 1 saturated heterocycles. The molecular formula is C17H24BrNO. The molecule has 0 N–H and O–H groups in total. The van der Waals surface area contributed by atoms with Crippen molar-refractivity contribution in [1.29, 1.82) is 0 Å². The maximum absolute atomic E-state index is 12.5. The van der Waals surface area contributed by atoms with Crippen molar-refractivity contribution in [3.05, 3.63) is 35.4 Å². The monoisotopic (exact) mass is 337 g/mol. The zero-order valence-corrected chi connectivity index (χ0v) is 14.2. The number of amides is 1. The summed E-state index contributed by atoms with van der Waals surface area (Å²) in [6.45, 7) is 8.38. The van der Waals surface area contributed by atoms with Gasteiger partial charge in [-0.15, -0.1) is 0 Å². The van der Waals surface area contributed by atoms with Gasteiger partial charge in [0.25, 0.3) is 5.91 Å². The Hall–Kier alpha value is -0.830. The molecule has 1 heterocycles. The molecule has 0 aliphatic carbocycles. The highest BCUT2D eigenvalue weighted by molar-refractivity contribution is 9.09. The van der Waals surface area contributed by atoms with Crippen molar-refractivity contribution in [2.24, 2.45) is 5.92 Å². The van der Waals surface area contributed by atoms with E-state index in [1.54, 1.807) is 0 Å². The van der Waals surface area contributed by atoms with Crippen LogP contribution < -0.4 is 0 Å². The van der Waals surface area contributed by atoms with Crippen molar-refractivity contribution >= 4 is 21.8 Å². The van der Waals surface area contributed by atoms with E-state index in [0.717, 1.165) is 36.8 Å². The second-order valence-electron chi connectivity index (χ2n) is 6.71. The lowest BCUT2D eigenvalue weighted by Gasteiger charge is -2.20. The Morgan fingerprint density at radius 3 is 2.50 bits per heavy atom. The maximum Gasteiger partial charge on any atom is 0.253 e. The second-order valence-corrected chi connectivity index (χ2v) is 7.50. The van der Waals surface area contributed by atoms with E-state index in [2.05, 4.69) is 48.8 Å². The van der Waals surface area contributed by atoms with E-state index in [1.807, 2.05) is 17.0 Å². The van der Waals surface area contributed by atoms with Gasteiger partial charge in [-0.2, -0.15) is 0 Å². The van der Waals surface area contributed by atoms with Crippen LogP contribution in [0.3, 0.4) is 0 Å². The van der Waals surface area contributed by atoms with Gasteiger partial charge in [-0.1, -0.05) is 48.8 Å². The molecule has 1 aliphatic rings. The Morgan fingerprint density at radius 1 is 1.30 bits per heavy atom. The summed E-state index contributed by atoms with van der Waals surface area (Å²) in [4.78, 5) is 14.5. The lowest BCUT2D eigenvalue weighted by molar-refractivity contribution is 0.0787. The van der Waals surface area contributed by atoms with Crippen molar-refractivity contribution in [1.82, 2.24) is 4.90 Å². The molecule has 1 aliphatic heterocycles. The van der Waals surface area contributed by atoms with Gasteiger partial charge >= 0.3 is 0 Å². The number of hydrogen-bond donors (Lipinski definition) is 0. The van der Waals surface area contributed by atoms with Crippen LogP contribution in [-0.4, -0.2) is 29.2 Å². The van der Waals surface area contributed by atoms with Gasteiger partial charge in [0.05, 0.1) is 0 Å². The zero-order valence-electron chi connectivity index (χ0n) is 12.7. The molecule has 1 unspecified atom stereocenters. The summed E-state index contributed by atoms with van der Waals surface area (Å²) in [5, 5.41) is 1.03. The van der Waals surface area contributed by atoms with Gasteiger partial charge in [0.1, 0.15) is 0 Å². The van der Waals surface area contributed by atoms with Gasteiger partial charge < -0.3 is 4.90 Å². The van der Waals surface area contributed by atoms with Gasteiger partial charge in [0.15, 0.2) is 0 Å². The molecule has 2 nitrogen and oxygen atoms in total. The molecule has 1 aromatic carbocycles. The third-order valence-electron chi connectivity index (χ3n) is 4.09. The predicted octanol–water partition coefficient (Wildman–Crippen LogP) is 4.23. The van der Waals surface area contributed by atoms with E-state index in [9.17, 15) is 4.79 Å². The molecule has 3 heteroatoms. The molecule has 1 aromatic rings. The van der Waals surface area contributed by atoms with Crippen LogP contribution in [0, 0.1) is 5.92 Å². The standard InChI is InChI=1S/C17H24BrNO/c1-17(2,3)15-6-4-14(5-7-15)16(20)19-11-9-13(12-19)8-10-18/h4-7,13H,8-12H2,1-3H3. The number of carbonyl (C=O) groups is 1. The first-order valence-electron chi connectivity index (χ1n) is 7.37. The van der Waals surface area contributed by atoms with Crippen LogP contribution in [0.15, 0.2) is 24.3 Å². The number of carbonyl (C=O) groups excluding carboxylic acids is 1. The highest BCUT2D eigenvalue weighted by Gasteiger charge is 2.26. The topological polar surface area (TPSA) is 20.3 Å². The molecule has 2 rings (SSSR count). The molecule has 0 aromatic heterocycles. The number of halogens is 1. The summed E-state index contributed by atoms with van der Waals surface area (Å²) in [5.41, 5.74) is 2.22. The average molecular weight is 338 g/mol. The van der Waals surface area contributed by atoms with Crippen LogP contribution in [0.25, 0.3) is 0 Å². The van der Waals surface area contributed by atoms with Crippen molar-refractivity contribution in [3.63, 3.8) is 0 Å². The molecule has 20 heavy (non-hydrogen) atoms. The molecule has 1 fully saturated rings. The van der Waals surface area contributed by atoms with Crippen LogP contribution in [0.1, 0.15) is 49.5 Å². The Labute approximate surface area is 130 Å². The molecule has 1 amide bonds. The highest BCUT2D eigenvalue weighted by Crippen LogP contribution is 2.25. The Morgan fingerprint density at radius 2 is 1.95 bits per heavy atom. The number of nitrogens with zero attached hydrogens (tertiary/aromatic N) is 1. The van der Waals surface area contributed by atoms with Crippen molar-refractivity contribution in [2.45, 2.75) is 39.0 Å². The minimum Gasteiger partial charge on any atom is -0.338 e. The van der Waals surface area contributed by atoms with Crippen LogP contribution in [0.5, 0.6) is 0 Å². The Balaban J connectivity index is 2.03. The first-order chi connectivity index (χ1) is 9.41. The summed E-state index contributed by atoms with van der Waals surface area (Å²) < 4.78 is 0. The fourth-order valence-electron chi connectivity index (χ4n) is 2.70. The normalized spacial score (nSPS) is 19.4. The van der Waals surface area contributed by atoms with Crippen LogP contribution in [0.4, 0.5) is 0 Å². The summed E-state index contributed by atoms with van der Waals surface area (Å²) >= 11 is 3.48. The second kappa shape index (κ2) is 6.30. The zero-order chi connectivity index (χ0) is 14.8. The average Bonchev–Trinajstić information content (AvgIpc) is 2.86. The molecule has 0 spiro atoms. The van der Waals surface area contributed by atoms with E-state index in [1.165, 1.54) is 5.56 Å². The fraction of sp³-hybridized carbons (Fsp3) is 0.588. The Kier molecular flexibility index (Phi) is 4.90. The fourth-order valence-corrected chi connectivity index (χ4v) is 3.35. The summed E-state index contributed by atoms with van der Waals surface area (Å²) in [7, 11) is 0. The number of rotatable bonds is 3. The third-order valence-corrected chi connectivity index (χ3v) is 4.55. The number of alkyl halides is 1. The molecular weight excluding hydrogens is 314 g/mol. The minimum absolute atomic E-state index is 0.135. The van der Waals surface area contributed by atoms with Gasteiger partial charge in [-0.3, -0.25) is 4.79 Å².